The van der Waals surface area contributed by atoms with Gasteiger partial charge in [-0.25, -0.2) is 0 Å². The van der Waals surface area contributed by atoms with Gasteiger partial charge in [0.05, 0.1) is 24.4 Å². The van der Waals surface area contributed by atoms with E-state index in [1.54, 1.807) is 0 Å². The maximum Gasteiger partial charge on any atom is 0.494 e. The van der Waals surface area contributed by atoms with Crippen LogP contribution >= 0.6 is 0 Å². The lowest BCUT2D eigenvalue weighted by molar-refractivity contribution is 0.00578. The molecular formula is C19H28BNO4. The second kappa shape index (κ2) is 6.34. The van der Waals surface area contributed by atoms with E-state index in [1.807, 2.05) is 0 Å². The number of rotatable bonds is 3. The Hall–Kier alpha value is -0.945. The van der Waals surface area contributed by atoms with Gasteiger partial charge in [-0.1, -0.05) is 0 Å². The van der Waals surface area contributed by atoms with Gasteiger partial charge in [-0.05, 0) is 58.1 Å². The van der Waals surface area contributed by atoms with Gasteiger partial charge < -0.3 is 18.8 Å². The van der Waals surface area contributed by atoms with E-state index >= 15 is 0 Å². The Morgan fingerprint density at radius 3 is 1.76 bits per heavy atom. The first-order chi connectivity index (χ1) is 11.9. The molecule has 6 heteroatoms. The van der Waals surface area contributed by atoms with E-state index in [2.05, 4.69) is 39.8 Å². The second-order valence-electron chi connectivity index (χ2n) is 8.46. The van der Waals surface area contributed by atoms with Crippen LogP contribution in [0.4, 0.5) is 0 Å². The van der Waals surface area contributed by atoms with Crippen LogP contribution in [0.5, 0.6) is 0 Å². The number of hydrogen-bond acceptors (Lipinski definition) is 5. The molecule has 3 saturated heterocycles. The van der Waals surface area contributed by atoms with Gasteiger partial charge in [-0.2, -0.15) is 0 Å². The summed E-state index contributed by atoms with van der Waals surface area (Å²) < 4.78 is 23.7. The molecule has 5 nitrogen and oxygen atoms in total. The highest BCUT2D eigenvalue weighted by molar-refractivity contribution is 6.62. The predicted molar refractivity (Wildman–Crippen MR) is 96.3 cm³/mol. The van der Waals surface area contributed by atoms with Crippen LogP contribution < -0.4 is 5.46 Å². The van der Waals surface area contributed by atoms with Gasteiger partial charge in [0.25, 0.3) is 0 Å². The molecule has 1 aromatic heterocycles. The molecule has 136 valence electrons. The second-order valence-corrected chi connectivity index (χ2v) is 8.46. The maximum atomic E-state index is 6.27. The lowest BCUT2D eigenvalue weighted by atomic mass is 9.77. The molecular weight excluding hydrogens is 317 g/mol. The number of aromatic nitrogens is 1. The summed E-state index contributed by atoms with van der Waals surface area (Å²) in [5, 5.41) is 0. The van der Waals surface area contributed by atoms with Crippen molar-refractivity contribution in [2.24, 2.45) is 0 Å². The Morgan fingerprint density at radius 1 is 0.880 bits per heavy atom. The van der Waals surface area contributed by atoms with Gasteiger partial charge in [0.1, 0.15) is 0 Å². The normalized spacial score (nSPS) is 31.0. The third-order valence-electron chi connectivity index (χ3n) is 6.11. The summed E-state index contributed by atoms with van der Waals surface area (Å²) in [6.45, 7) is 11.5. The van der Waals surface area contributed by atoms with E-state index in [9.17, 15) is 0 Å². The van der Waals surface area contributed by atoms with Gasteiger partial charge >= 0.3 is 7.12 Å². The zero-order valence-corrected chi connectivity index (χ0v) is 15.7. The van der Waals surface area contributed by atoms with Crippen molar-refractivity contribution in [1.29, 1.82) is 0 Å². The van der Waals surface area contributed by atoms with Crippen molar-refractivity contribution in [1.82, 2.24) is 4.98 Å². The number of nitrogens with zero attached hydrogens (tertiary/aromatic N) is 1. The highest BCUT2D eigenvalue weighted by Crippen LogP contribution is 2.37. The molecule has 2 unspecified atom stereocenters. The summed E-state index contributed by atoms with van der Waals surface area (Å²) in [5.74, 6) is 0.729. The van der Waals surface area contributed by atoms with Crippen LogP contribution in [-0.4, -0.2) is 49.7 Å². The van der Waals surface area contributed by atoms with E-state index in [1.165, 1.54) is 0 Å². The molecule has 4 rings (SSSR count). The van der Waals surface area contributed by atoms with Crippen LogP contribution in [0.2, 0.25) is 0 Å². The Labute approximate surface area is 150 Å². The molecule has 0 radical (unpaired) electrons. The first-order valence-corrected chi connectivity index (χ1v) is 9.39. The molecule has 2 atom stereocenters. The fraction of sp³-hybridized carbons (Fsp3) is 0.737. The van der Waals surface area contributed by atoms with E-state index < -0.39 is 0 Å². The minimum Gasteiger partial charge on any atom is -0.399 e. The number of pyridine rings is 1. The molecule has 0 aromatic carbocycles. The summed E-state index contributed by atoms with van der Waals surface area (Å²) in [6, 6.07) is 4.31. The Kier molecular flexibility index (Phi) is 4.43. The fourth-order valence-electron chi connectivity index (χ4n) is 3.67. The molecule has 0 amide bonds. The smallest absolute Gasteiger partial charge is 0.399 e. The summed E-state index contributed by atoms with van der Waals surface area (Å²) >= 11 is 0. The molecule has 25 heavy (non-hydrogen) atoms. The van der Waals surface area contributed by atoms with Crippen molar-refractivity contribution in [3.63, 3.8) is 0 Å². The minimum absolute atomic E-state index is 0.339. The van der Waals surface area contributed by atoms with Crippen LogP contribution in [0.1, 0.15) is 63.8 Å². The topological polar surface area (TPSA) is 49.8 Å². The van der Waals surface area contributed by atoms with E-state index in [4.69, 9.17) is 23.8 Å². The molecule has 0 spiro atoms. The summed E-state index contributed by atoms with van der Waals surface area (Å²) in [6.07, 6.45) is 2.06. The predicted octanol–water partition coefficient (Wildman–Crippen LogP) is 2.39. The average Bonchev–Trinajstić information content (AvgIpc) is 3.29. The maximum absolute atomic E-state index is 6.27. The largest absolute Gasteiger partial charge is 0.494 e. The lowest BCUT2D eigenvalue weighted by Gasteiger charge is -2.32. The first-order valence-electron chi connectivity index (χ1n) is 9.39. The average molecular weight is 345 g/mol. The molecule has 0 N–H and O–H groups in total. The van der Waals surface area contributed by atoms with Gasteiger partial charge in [-0.3, -0.25) is 4.98 Å². The standard InChI is InChI=1S/C19H28BNO4/c1-18(2)19(3,4)25-20(24-18)15-9-16(13-5-7-22-11-13)21-17(10-15)14-6-8-23-12-14/h9-10,13-14H,5-8,11-12H2,1-4H3. The fourth-order valence-corrected chi connectivity index (χ4v) is 3.67. The van der Waals surface area contributed by atoms with Gasteiger partial charge in [-0.15, -0.1) is 0 Å². The third kappa shape index (κ3) is 3.25. The van der Waals surface area contributed by atoms with Crippen molar-refractivity contribution >= 4 is 12.6 Å². The Morgan fingerprint density at radius 2 is 1.36 bits per heavy atom. The van der Waals surface area contributed by atoms with Crippen LogP contribution in [0.25, 0.3) is 0 Å². The molecule has 0 aliphatic carbocycles. The SMILES string of the molecule is CC1(C)OB(c2cc(C3CCOC3)nc(C3CCOC3)c2)OC1(C)C. The van der Waals surface area contributed by atoms with Gasteiger partial charge in [0, 0.05) is 36.4 Å². The number of ether oxygens (including phenoxy) is 2. The van der Waals surface area contributed by atoms with E-state index in [0.29, 0.717) is 11.8 Å². The number of hydrogen-bond donors (Lipinski definition) is 0. The van der Waals surface area contributed by atoms with Gasteiger partial charge in [0.2, 0.25) is 0 Å². The summed E-state index contributed by atoms with van der Waals surface area (Å²) in [7, 11) is -0.352. The molecule has 3 aliphatic rings. The minimum atomic E-state index is -0.352. The van der Waals surface area contributed by atoms with Crippen molar-refractivity contribution in [3.8, 4) is 0 Å². The van der Waals surface area contributed by atoms with Crippen LogP contribution in [0.3, 0.4) is 0 Å². The summed E-state index contributed by atoms with van der Waals surface area (Å²) in [4.78, 5) is 4.97. The third-order valence-corrected chi connectivity index (χ3v) is 6.11. The highest BCUT2D eigenvalue weighted by Gasteiger charge is 2.52. The monoisotopic (exact) mass is 345 g/mol. The van der Waals surface area contributed by atoms with Crippen LogP contribution in [0, 0.1) is 0 Å². The zero-order chi connectivity index (χ0) is 17.7. The van der Waals surface area contributed by atoms with Crippen LogP contribution in [0.15, 0.2) is 12.1 Å². The molecule has 3 fully saturated rings. The van der Waals surface area contributed by atoms with Gasteiger partial charge in [0.15, 0.2) is 0 Å². The summed E-state index contributed by atoms with van der Waals surface area (Å²) in [5.41, 5.74) is 2.60. The highest BCUT2D eigenvalue weighted by atomic mass is 16.7. The molecule has 1 aromatic rings. The van der Waals surface area contributed by atoms with Crippen LogP contribution in [-0.2, 0) is 18.8 Å². The quantitative estimate of drug-likeness (QED) is 0.788. The first kappa shape index (κ1) is 17.5. The Balaban J connectivity index is 1.69. The molecule has 0 bridgehead atoms. The molecule has 4 heterocycles. The van der Waals surface area contributed by atoms with Crippen molar-refractivity contribution in [2.45, 2.75) is 63.6 Å². The zero-order valence-electron chi connectivity index (χ0n) is 15.7. The lowest BCUT2D eigenvalue weighted by Crippen LogP contribution is -2.41. The van der Waals surface area contributed by atoms with E-state index in [0.717, 1.165) is 56.1 Å². The van der Waals surface area contributed by atoms with Crippen molar-refractivity contribution < 1.29 is 18.8 Å². The van der Waals surface area contributed by atoms with Crippen molar-refractivity contribution in [3.05, 3.63) is 23.5 Å². The molecule has 0 saturated carbocycles. The van der Waals surface area contributed by atoms with E-state index in [-0.39, 0.29) is 18.3 Å². The molecule has 3 aliphatic heterocycles. The Bertz CT molecular complexity index is 586. The van der Waals surface area contributed by atoms with Crippen molar-refractivity contribution in [2.75, 3.05) is 26.4 Å².